The van der Waals surface area contributed by atoms with Gasteiger partial charge < -0.3 is 5.11 Å². The third kappa shape index (κ3) is 7.23. The summed E-state index contributed by atoms with van der Waals surface area (Å²) in [6, 6.07) is 9.91. The van der Waals surface area contributed by atoms with Crippen LogP contribution in [0.15, 0.2) is 24.3 Å². The molecule has 6 heteroatoms. The van der Waals surface area contributed by atoms with Gasteiger partial charge in [-0.25, -0.2) is 0 Å². The van der Waals surface area contributed by atoms with Crippen molar-refractivity contribution in [1.29, 1.82) is 5.26 Å². The molecule has 0 amide bonds. The van der Waals surface area contributed by atoms with Crippen molar-refractivity contribution in [2.24, 2.45) is 11.8 Å². The van der Waals surface area contributed by atoms with Gasteiger partial charge in [0.05, 0.1) is 17.6 Å². The van der Waals surface area contributed by atoms with E-state index in [2.05, 4.69) is 17.9 Å². The first-order valence-electron chi connectivity index (χ1n) is 8.58. The second-order valence-corrected chi connectivity index (χ2v) is 6.51. The van der Waals surface area contributed by atoms with E-state index in [1.165, 1.54) is 0 Å². The Hall–Kier alpha value is -1.28. The molecule has 1 N–H and O–H groups in total. The predicted octanol–water partition coefficient (Wildman–Crippen LogP) is 4.50. The van der Waals surface area contributed by atoms with E-state index < -0.39 is 5.97 Å². The molecule has 1 aromatic rings. The summed E-state index contributed by atoms with van der Waals surface area (Å²) in [6.45, 7) is 4.83. The SMILES string of the molecule is CCCCC(C(=O)O)C1CCN(Cc2cccc(C#N)c2)CC1.Cl.Cl. The fourth-order valence-corrected chi connectivity index (χ4v) is 3.50. The molecule has 1 aromatic carbocycles. The van der Waals surface area contributed by atoms with Crippen LogP contribution in [0.25, 0.3) is 0 Å². The van der Waals surface area contributed by atoms with E-state index in [1.807, 2.05) is 24.3 Å². The number of halogens is 2. The van der Waals surface area contributed by atoms with Gasteiger partial charge in [0.15, 0.2) is 0 Å². The average Bonchev–Trinajstić information content (AvgIpc) is 2.56. The number of rotatable bonds is 7. The highest BCUT2D eigenvalue weighted by Gasteiger charge is 2.30. The maximum absolute atomic E-state index is 11.5. The van der Waals surface area contributed by atoms with Gasteiger partial charge in [0.1, 0.15) is 0 Å². The monoisotopic (exact) mass is 386 g/mol. The molecular formula is C19H28Cl2N2O2. The predicted molar refractivity (Wildman–Crippen MR) is 104 cm³/mol. The van der Waals surface area contributed by atoms with Crippen molar-refractivity contribution in [2.75, 3.05) is 13.1 Å². The molecule has 140 valence electrons. The highest BCUT2D eigenvalue weighted by molar-refractivity contribution is 5.85. The molecule has 1 fully saturated rings. The topological polar surface area (TPSA) is 64.3 Å². The number of hydrogen-bond acceptors (Lipinski definition) is 3. The number of nitriles is 1. The molecule has 1 unspecified atom stereocenters. The molecule has 0 aromatic heterocycles. The number of hydrogen-bond donors (Lipinski definition) is 1. The van der Waals surface area contributed by atoms with Crippen molar-refractivity contribution in [3.8, 4) is 6.07 Å². The van der Waals surface area contributed by atoms with Crippen LogP contribution in [0.5, 0.6) is 0 Å². The quantitative estimate of drug-likeness (QED) is 0.748. The molecule has 4 nitrogen and oxygen atoms in total. The number of aliphatic carboxylic acids is 1. The van der Waals surface area contributed by atoms with Crippen molar-refractivity contribution in [3.63, 3.8) is 0 Å². The fraction of sp³-hybridized carbons (Fsp3) is 0.579. The summed E-state index contributed by atoms with van der Waals surface area (Å²) in [5, 5.41) is 18.4. The lowest BCUT2D eigenvalue weighted by Gasteiger charge is -2.34. The Bertz CT molecular complexity index is 567. The van der Waals surface area contributed by atoms with Crippen molar-refractivity contribution in [3.05, 3.63) is 35.4 Å². The van der Waals surface area contributed by atoms with E-state index in [4.69, 9.17) is 5.26 Å². The summed E-state index contributed by atoms with van der Waals surface area (Å²) in [5.41, 5.74) is 1.85. The van der Waals surface area contributed by atoms with Gasteiger partial charge in [-0.1, -0.05) is 31.9 Å². The fourth-order valence-electron chi connectivity index (χ4n) is 3.50. The van der Waals surface area contributed by atoms with Gasteiger partial charge in [0.2, 0.25) is 0 Å². The molecule has 0 radical (unpaired) electrons. The Morgan fingerprint density at radius 3 is 2.60 bits per heavy atom. The first-order valence-corrected chi connectivity index (χ1v) is 8.58. The van der Waals surface area contributed by atoms with Gasteiger partial charge in [-0.3, -0.25) is 9.69 Å². The Morgan fingerprint density at radius 2 is 2.04 bits per heavy atom. The van der Waals surface area contributed by atoms with E-state index in [9.17, 15) is 9.90 Å². The number of carboxylic acid groups (broad SMARTS) is 1. The van der Waals surface area contributed by atoms with Crippen molar-refractivity contribution >= 4 is 30.8 Å². The van der Waals surface area contributed by atoms with E-state index in [1.54, 1.807) is 0 Å². The molecule has 0 saturated carbocycles. The first-order chi connectivity index (χ1) is 11.1. The summed E-state index contributed by atoms with van der Waals surface area (Å²) >= 11 is 0. The van der Waals surface area contributed by atoms with E-state index in [0.29, 0.717) is 11.5 Å². The summed E-state index contributed by atoms with van der Waals surface area (Å²) in [6.07, 6.45) is 4.77. The van der Waals surface area contributed by atoms with Crippen LogP contribution in [-0.2, 0) is 11.3 Å². The second-order valence-electron chi connectivity index (χ2n) is 6.51. The van der Waals surface area contributed by atoms with Crippen LogP contribution in [0, 0.1) is 23.2 Å². The molecule has 0 aliphatic carbocycles. The van der Waals surface area contributed by atoms with Gasteiger partial charge in [0, 0.05) is 6.54 Å². The van der Waals surface area contributed by atoms with Gasteiger partial charge >= 0.3 is 5.97 Å². The molecule has 1 atom stereocenters. The maximum Gasteiger partial charge on any atom is 0.306 e. The third-order valence-corrected chi connectivity index (χ3v) is 4.85. The summed E-state index contributed by atoms with van der Waals surface area (Å²) in [7, 11) is 0. The standard InChI is InChI=1S/C19H26N2O2.2ClH/c1-2-3-7-18(19(22)23)17-8-10-21(11-9-17)14-16-6-4-5-15(12-16)13-20;;/h4-6,12,17-18H,2-3,7-11,14H2,1H3,(H,22,23);2*1H. The number of nitrogens with zero attached hydrogens (tertiary/aromatic N) is 2. The highest BCUT2D eigenvalue weighted by Crippen LogP contribution is 2.29. The van der Waals surface area contributed by atoms with Crippen molar-refractivity contribution in [1.82, 2.24) is 4.90 Å². The van der Waals surface area contributed by atoms with E-state index >= 15 is 0 Å². The lowest BCUT2D eigenvalue weighted by molar-refractivity contribution is -0.144. The smallest absolute Gasteiger partial charge is 0.306 e. The largest absolute Gasteiger partial charge is 0.481 e. The number of carboxylic acids is 1. The zero-order chi connectivity index (χ0) is 16.7. The molecule has 0 bridgehead atoms. The number of carbonyl (C=O) groups is 1. The number of unbranched alkanes of at least 4 members (excludes halogenated alkanes) is 1. The summed E-state index contributed by atoms with van der Waals surface area (Å²) < 4.78 is 0. The van der Waals surface area contributed by atoms with Gasteiger partial charge in [-0.05, 0) is 56.0 Å². The lowest BCUT2D eigenvalue weighted by atomic mass is 9.81. The van der Waals surface area contributed by atoms with Crippen LogP contribution in [0.4, 0.5) is 0 Å². The third-order valence-electron chi connectivity index (χ3n) is 4.85. The van der Waals surface area contributed by atoms with Crippen LogP contribution in [0.3, 0.4) is 0 Å². The Kier molecular flexibility index (Phi) is 11.5. The maximum atomic E-state index is 11.5. The Labute approximate surface area is 163 Å². The molecule has 25 heavy (non-hydrogen) atoms. The minimum absolute atomic E-state index is 0. The van der Waals surface area contributed by atoms with Crippen LogP contribution in [-0.4, -0.2) is 29.1 Å². The van der Waals surface area contributed by atoms with Crippen LogP contribution in [0.1, 0.15) is 50.2 Å². The first kappa shape index (κ1) is 23.7. The van der Waals surface area contributed by atoms with Crippen molar-refractivity contribution < 1.29 is 9.90 Å². The van der Waals surface area contributed by atoms with Crippen LogP contribution >= 0.6 is 24.8 Å². The van der Waals surface area contributed by atoms with Crippen LogP contribution < -0.4 is 0 Å². The van der Waals surface area contributed by atoms with Gasteiger partial charge in [0.25, 0.3) is 0 Å². The van der Waals surface area contributed by atoms with Crippen molar-refractivity contribution in [2.45, 2.75) is 45.6 Å². The molecular weight excluding hydrogens is 359 g/mol. The second kappa shape index (κ2) is 12.1. The average molecular weight is 387 g/mol. The van der Waals surface area contributed by atoms with Gasteiger partial charge in [-0.15, -0.1) is 24.8 Å². The van der Waals surface area contributed by atoms with E-state index in [0.717, 1.165) is 57.3 Å². The molecule has 2 rings (SSSR count). The summed E-state index contributed by atoms with van der Waals surface area (Å²) in [4.78, 5) is 13.9. The normalized spacial score (nSPS) is 16.2. The Morgan fingerprint density at radius 1 is 1.36 bits per heavy atom. The lowest BCUT2D eigenvalue weighted by Crippen LogP contribution is -2.37. The van der Waals surface area contributed by atoms with Crippen LogP contribution in [0.2, 0.25) is 0 Å². The van der Waals surface area contributed by atoms with E-state index in [-0.39, 0.29) is 30.7 Å². The number of likely N-dealkylation sites (tertiary alicyclic amines) is 1. The molecule has 1 aliphatic heterocycles. The molecule has 0 spiro atoms. The molecule has 1 aliphatic rings. The summed E-state index contributed by atoms with van der Waals surface area (Å²) in [5.74, 6) is -0.501. The number of piperidine rings is 1. The zero-order valence-corrected chi connectivity index (χ0v) is 16.3. The molecule has 1 heterocycles. The molecule has 1 saturated heterocycles. The minimum atomic E-state index is -0.626. The zero-order valence-electron chi connectivity index (χ0n) is 14.7. The highest BCUT2D eigenvalue weighted by atomic mass is 35.5. The minimum Gasteiger partial charge on any atom is -0.481 e. The number of benzene rings is 1. The van der Waals surface area contributed by atoms with Gasteiger partial charge in [-0.2, -0.15) is 5.26 Å². The Balaban J connectivity index is 0.00000288.